The Kier molecular flexibility index (Phi) is 4.82. The summed E-state index contributed by atoms with van der Waals surface area (Å²) in [6.07, 6.45) is 3.47. The fourth-order valence-corrected chi connectivity index (χ4v) is 2.33. The summed E-state index contributed by atoms with van der Waals surface area (Å²) in [7, 11) is 0. The first-order chi connectivity index (χ1) is 7.84. The third kappa shape index (κ3) is 3.89. The molecule has 16 heavy (non-hydrogen) atoms. The van der Waals surface area contributed by atoms with Gasteiger partial charge in [0.15, 0.2) is 0 Å². The largest absolute Gasteiger partial charge is 0.381 e. The van der Waals surface area contributed by atoms with Crippen molar-refractivity contribution in [2.75, 3.05) is 19.8 Å². The summed E-state index contributed by atoms with van der Waals surface area (Å²) in [5, 5.41) is 0. The van der Waals surface area contributed by atoms with E-state index in [0.29, 0.717) is 6.10 Å². The molecule has 0 atom stereocenters. The van der Waals surface area contributed by atoms with Crippen LogP contribution in [0.5, 0.6) is 0 Å². The van der Waals surface area contributed by atoms with E-state index in [1.807, 2.05) is 6.07 Å². The van der Waals surface area contributed by atoms with Crippen molar-refractivity contribution in [2.24, 2.45) is 0 Å². The number of benzene rings is 1. The molecule has 1 saturated heterocycles. The third-order valence-electron chi connectivity index (χ3n) is 2.80. The Morgan fingerprint density at radius 3 is 2.88 bits per heavy atom. The quantitative estimate of drug-likeness (QED) is 0.846. The van der Waals surface area contributed by atoms with Crippen molar-refractivity contribution in [2.45, 2.75) is 25.4 Å². The first kappa shape index (κ1) is 12.1. The van der Waals surface area contributed by atoms with E-state index in [2.05, 4.69) is 34.1 Å². The van der Waals surface area contributed by atoms with Gasteiger partial charge in [0.25, 0.3) is 0 Å². The molecule has 1 aliphatic heterocycles. The Balaban J connectivity index is 1.71. The Labute approximate surface area is 105 Å². The van der Waals surface area contributed by atoms with Crippen molar-refractivity contribution in [1.29, 1.82) is 0 Å². The second kappa shape index (κ2) is 6.38. The van der Waals surface area contributed by atoms with Gasteiger partial charge in [-0.2, -0.15) is 0 Å². The SMILES string of the molecule is Brc1cccc(CCOC2CCOCC2)c1. The van der Waals surface area contributed by atoms with Crippen LogP contribution in [0.15, 0.2) is 28.7 Å². The number of ether oxygens (including phenoxy) is 2. The highest BCUT2D eigenvalue weighted by Crippen LogP contribution is 2.14. The molecule has 1 fully saturated rings. The zero-order valence-electron chi connectivity index (χ0n) is 9.32. The molecule has 3 heteroatoms. The van der Waals surface area contributed by atoms with Crippen molar-refractivity contribution < 1.29 is 9.47 Å². The average molecular weight is 285 g/mol. The van der Waals surface area contributed by atoms with Gasteiger partial charge in [0, 0.05) is 17.7 Å². The zero-order chi connectivity index (χ0) is 11.2. The van der Waals surface area contributed by atoms with Crippen LogP contribution in [0.3, 0.4) is 0 Å². The summed E-state index contributed by atoms with van der Waals surface area (Å²) in [4.78, 5) is 0. The van der Waals surface area contributed by atoms with Crippen LogP contribution in [0.2, 0.25) is 0 Å². The molecular weight excluding hydrogens is 268 g/mol. The second-order valence-electron chi connectivity index (χ2n) is 4.06. The number of halogens is 1. The van der Waals surface area contributed by atoms with Crippen LogP contribution in [0.1, 0.15) is 18.4 Å². The standard InChI is InChI=1S/C13H17BrO2/c14-12-3-1-2-11(10-12)4-9-16-13-5-7-15-8-6-13/h1-3,10,13H,4-9H2. The van der Waals surface area contributed by atoms with Gasteiger partial charge in [-0.3, -0.25) is 0 Å². The molecule has 0 saturated carbocycles. The van der Waals surface area contributed by atoms with Crippen molar-refractivity contribution in [3.05, 3.63) is 34.3 Å². The average Bonchev–Trinajstić information content (AvgIpc) is 2.30. The number of hydrogen-bond donors (Lipinski definition) is 0. The van der Waals surface area contributed by atoms with E-state index in [4.69, 9.17) is 9.47 Å². The molecule has 0 N–H and O–H groups in total. The van der Waals surface area contributed by atoms with E-state index in [-0.39, 0.29) is 0 Å². The Morgan fingerprint density at radius 1 is 1.31 bits per heavy atom. The predicted octanol–water partition coefficient (Wildman–Crippen LogP) is 3.19. The van der Waals surface area contributed by atoms with E-state index in [0.717, 1.165) is 43.6 Å². The zero-order valence-corrected chi connectivity index (χ0v) is 10.9. The highest BCUT2D eigenvalue weighted by atomic mass is 79.9. The van der Waals surface area contributed by atoms with Gasteiger partial charge in [-0.25, -0.2) is 0 Å². The molecule has 1 heterocycles. The number of hydrogen-bond acceptors (Lipinski definition) is 2. The highest BCUT2D eigenvalue weighted by molar-refractivity contribution is 9.10. The summed E-state index contributed by atoms with van der Waals surface area (Å²) in [6.45, 7) is 2.50. The van der Waals surface area contributed by atoms with Crippen LogP contribution < -0.4 is 0 Å². The lowest BCUT2D eigenvalue weighted by Crippen LogP contribution is -2.24. The molecule has 0 amide bonds. The maximum atomic E-state index is 5.83. The Morgan fingerprint density at radius 2 is 2.12 bits per heavy atom. The Bertz CT molecular complexity index is 321. The van der Waals surface area contributed by atoms with E-state index in [1.165, 1.54) is 5.56 Å². The molecule has 0 aromatic heterocycles. The van der Waals surface area contributed by atoms with Gasteiger partial charge >= 0.3 is 0 Å². The predicted molar refractivity (Wildman–Crippen MR) is 67.6 cm³/mol. The van der Waals surface area contributed by atoms with E-state index in [9.17, 15) is 0 Å². The molecule has 88 valence electrons. The van der Waals surface area contributed by atoms with Gasteiger partial charge < -0.3 is 9.47 Å². The molecule has 0 radical (unpaired) electrons. The van der Waals surface area contributed by atoms with Gasteiger partial charge in [0.1, 0.15) is 0 Å². The van der Waals surface area contributed by atoms with Crippen LogP contribution in [0.4, 0.5) is 0 Å². The van der Waals surface area contributed by atoms with E-state index >= 15 is 0 Å². The lowest BCUT2D eigenvalue weighted by molar-refractivity contribution is -0.0307. The fourth-order valence-electron chi connectivity index (χ4n) is 1.88. The minimum Gasteiger partial charge on any atom is -0.381 e. The van der Waals surface area contributed by atoms with E-state index < -0.39 is 0 Å². The van der Waals surface area contributed by atoms with Crippen molar-refractivity contribution in [3.8, 4) is 0 Å². The lowest BCUT2D eigenvalue weighted by atomic mass is 10.1. The fraction of sp³-hybridized carbons (Fsp3) is 0.538. The normalized spacial score (nSPS) is 17.6. The third-order valence-corrected chi connectivity index (χ3v) is 3.29. The first-order valence-electron chi connectivity index (χ1n) is 5.78. The van der Waals surface area contributed by atoms with Gasteiger partial charge in [-0.05, 0) is 37.0 Å². The molecule has 0 unspecified atom stereocenters. The molecule has 1 aromatic carbocycles. The van der Waals surface area contributed by atoms with Crippen molar-refractivity contribution in [1.82, 2.24) is 0 Å². The second-order valence-corrected chi connectivity index (χ2v) is 4.98. The van der Waals surface area contributed by atoms with Crippen LogP contribution >= 0.6 is 15.9 Å². The minimum absolute atomic E-state index is 0.404. The van der Waals surface area contributed by atoms with Gasteiger partial charge in [0.2, 0.25) is 0 Å². The smallest absolute Gasteiger partial charge is 0.0619 e. The molecule has 1 aromatic rings. The van der Waals surface area contributed by atoms with Crippen LogP contribution in [0.25, 0.3) is 0 Å². The minimum atomic E-state index is 0.404. The molecular formula is C13H17BrO2. The summed E-state index contributed by atoms with van der Waals surface area (Å²) in [6, 6.07) is 8.39. The molecule has 1 aliphatic rings. The van der Waals surface area contributed by atoms with Gasteiger partial charge in [-0.1, -0.05) is 28.1 Å². The summed E-state index contributed by atoms with van der Waals surface area (Å²) < 4.78 is 12.3. The Hall–Kier alpha value is -0.380. The topological polar surface area (TPSA) is 18.5 Å². The summed E-state index contributed by atoms with van der Waals surface area (Å²) in [5.41, 5.74) is 1.32. The maximum Gasteiger partial charge on any atom is 0.0619 e. The molecule has 0 spiro atoms. The van der Waals surface area contributed by atoms with Crippen molar-refractivity contribution >= 4 is 15.9 Å². The molecule has 2 rings (SSSR count). The highest BCUT2D eigenvalue weighted by Gasteiger charge is 2.13. The number of rotatable bonds is 4. The molecule has 0 bridgehead atoms. The van der Waals surface area contributed by atoms with Crippen molar-refractivity contribution in [3.63, 3.8) is 0 Å². The molecule has 0 aliphatic carbocycles. The summed E-state index contributed by atoms with van der Waals surface area (Å²) >= 11 is 3.47. The molecule has 2 nitrogen and oxygen atoms in total. The lowest BCUT2D eigenvalue weighted by Gasteiger charge is -2.22. The van der Waals surface area contributed by atoms with Crippen LogP contribution in [-0.4, -0.2) is 25.9 Å². The monoisotopic (exact) mass is 284 g/mol. The van der Waals surface area contributed by atoms with Gasteiger partial charge in [0.05, 0.1) is 12.7 Å². The van der Waals surface area contributed by atoms with Gasteiger partial charge in [-0.15, -0.1) is 0 Å². The van der Waals surface area contributed by atoms with E-state index in [1.54, 1.807) is 0 Å². The maximum absolute atomic E-state index is 5.83. The van der Waals surface area contributed by atoms with Crippen LogP contribution in [-0.2, 0) is 15.9 Å². The first-order valence-corrected chi connectivity index (χ1v) is 6.58. The summed E-state index contributed by atoms with van der Waals surface area (Å²) in [5.74, 6) is 0. The van der Waals surface area contributed by atoms with Crippen LogP contribution in [0, 0.1) is 0 Å².